The number of nitrogens with two attached hydrogens (primary N) is 1. The van der Waals surface area contributed by atoms with E-state index < -0.39 is 0 Å². The van der Waals surface area contributed by atoms with Crippen LogP contribution in [-0.4, -0.2) is 18.5 Å². The van der Waals surface area contributed by atoms with Crippen LogP contribution in [0.3, 0.4) is 0 Å². The Morgan fingerprint density at radius 1 is 1.44 bits per heavy atom. The Morgan fingerprint density at radius 2 is 2.25 bits per heavy atom. The first-order valence-corrected chi connectivity index (χ1v) is 6.75. The summed E-state index contributed by atoms with van der Waals surface area (Å²) in [5.74, 6) is 3.41. The summed E-state index contributed by atoms with van der Waals surface area (Å²) in [7, 11) is 0. The fourth-order valence-corrected chi connectivity index (χ4v) is 3.22. The van der Waals surface area contributed by atoms with Gasteiger partial charge in [0.15, 0.2) is 5.96 Å². The lowest BCUT2D eigenvalue weighted by Crippen LogP contribution is -2.38. The molecule has 2 fully saturated rings. The molecule has 3 heteroatoms. The molecule has 3 N–H and O–H groups in total. The maximum Gasteiger partial charge on any atom is 0.188 e. The molecule has 2 bridgehead atoms. The maximum atomic E-state index is 5.87. The minimum absolute atomic E-state index is 0.434. The van der Waals surface area contributed by atoms with Gasteiger partial charge in [-0.25, -0.2) is 0 Å². The number of aliphatic imine (C=N–C) groups is 1. The van der Waals surface area contributed by atoms with Crippen molar-refractivity contribution in [2.24, 2.45) is 28.5 Å². The molecular weight excluding hydrogens is 198 g/mol. The Labute approximate surface area is 98.9 Å². The van der Waals surface area contributed by atoms with Crippen LogP contribution in [0.4, 0.5) is 0 Å². The molecule has 16 heavy (non-hydrogen) atoms. The molecule has 0 amide bonds. The summed E-state index contributed by atoms with van der Waals surface area (Å²) >= 11 is 0. The summed E-state index contributed by atoms with van der Waals surface area (Å²) in [5.41, 5.74) is 5.87. The second-order valence-electron chi connectivity index (χ2n) is 5.61. The van der Waals surface area contributed by atoms with Gasteiger partial charge in [-0.2, -0.15) is 0 Å². The third-order valence-electron chi connectivity index (χ3n) is 4.39. The van der Waals surface area contributed by atoms with E-state index in [1.54, 1.807) is 0 Å². The van der Waals surface area contributed by atoms with Crippen molar-refractivity contribution in [2.45, 2.75) is 52.0 Å². The summed E-state index contributed by atoms with van der Waals surface area (Å²) in [5, 5.41) is 3.23. The van der Waals surface area contributed by atoms with E-state index in [4.69, 9.17) is 5.73 Å². The number of fused-ring (bicyclic) bond motifs is 2. The van der Waals surface area contributed by atoms with Crippen molar-refractivity contribution < 1.29 is 0 Å². The molecule has 2 aliphatic carbocycles. The van der Waals surface area contributed by atoms with E-state index in [1.807, 2.05) is 0 Å². The molecule has 4 unspecified atom stereocenters. The van der Waals surface area contributed by atoms with Crippen LogP contribution in [0, 0.1) is 17.8 Å². The minimum Gasteiger partial charge on any atom is -0.370 e. The molecule has 0 aromatic rings. The van der Waals surface area contributed by atoms with Crippen molar-refractivity contribution in [3.63, 3.8) is 0 Å². The zero-order valence-corrected chi connectivity index (χ0v) is 10.6. The van der Waals surface area contributed by atoms with Crippen LogP contribution in [0.5, 0.6) is 0 Å². The highest BCUT2D eigenvalue weighted by Crippen LogP contribution is 2.48. The van der Waals surface area contributed by atoms with Crippen molar-refractivity contribution in [3.8, 4) is 0 Å². The monoisotopic (exact) mass is 223 g/mol. The van der Waals surface area contributed by atoms with E-state index in [1.165, 1.54) is 25.7 Å². The number of guanidine groups is 1. The molecule has 2 rings (SSSR count). The summed E-state index contributed by atoms with van der Waals surface area (Å²) in [6.07, 6.45) is 6.84. The molecule has 0 aromatic carbocycles. The lowest BCUT2D eigenvalue weighted by Gasteiger charge is -2.20. The Kier molecular flexibility index (Phi) is 3.72. The van der Waals surface area contributed by atoms with E-state index in [0.717, 1.165) is 30.7 Å². The van der Waals surface area contributed by atoms with Gasteiger partial charge in [-0.05, 0) is 50.4 Å². The number of nitrogens with zero attached hydrogens (tertiary/aromatic N) is 1. The smallest absolute Gasteiger partial charge is 0.188 e. The highest BCUT2D eigenvalue weighted by Gasteiger charge is 2.39. The Balaban J connectivity index is 1.75. The molecule has 2 saturated carbocycles. The quantitative estimate of drug-likeness (QED) is 0.566. The van der Waals surface area contributed by atoms with Gasteiger partial charge >= 0.3 is 0 Å². The molecule has 3 nitrogen and oxygen atoms in total. The van der Waals surface area contributed by atoms with Gasteiger partial charge in [0.1, 0.15) is 0 Å². The summed E-state index contributed by atoms with van der Waals surface area (Å²) in [4.78, 5) is 4.50. The average Bonchev–Trinajstić information content (AvgIpc) is 2.87. The third-order valence-corrected chi connectivity index (χ3v) is 4.39. The van der Waals surface area contributed by atoms with E-state index in [2.05, 4.69) is 24.2 Å². The highest BCUT2D eigenvalue weighted by atomic mass is 15.1. The van der Waals surface area contributed by atoms with Crippen molar-refractivity contribution in [2.75, 3.05) is 6.54 Å². The van der Waals surface area contributed by atoms with Crippen LogP contribution >= 0.6 is 0 Å². The number of nitrogens with one attached hydrogen (secondary N) is 1. The number of hydrogen-bond donors (Lipinski definition) is 2. The van der Waals surface area contributed by atoms with Crippen molar-refractivity contribution in [1.82, 2.24) is 5.32 Å². The summed E-state index contributed by atoms with van der Waals surface area (Å²) in [6, 6.07) is 0.434. The van der Waals surface area contributed by atoms with Gasteiger partial charge in [0, 0.05) is 12.6 Å². The van der Waals surface area contributed by atoms with Crippen LogP contribution in [0.15, 0.2) is 4.99 Å². The van der Waals surface area contributed by atoms with Gasteiger partial charge in [0.05, 0.1) is 0 Å². The third kappa shape index (κ3) is 2.69. The predicted molar refractivity (Wildman–Crippen MR) is 68.3 cm³/mol. The van der Waals surface area contributed by atoms with Crippen LogP contribution in [0.1, 0.15) is 46.0 Å². The molecule has 0 radical (unpaired) electrons. The number of rotatable bonds is 4. The molecule has 92 valence electrons. The maximum absolute atomic E-state index is 5.87. The Morgan fingerprint density at radius 3 is 2.81 bits per heavy atom. The fourth-order valence-electron chi connectivity index (χ4n) is 3.22. The van der Waals surface area contributed by atoms with Crippen LogP contribution in [-0.2, 0) is 0 Å². The molecule has 0 aromatic heterocycles. The molecule has 2 aliphatic rings. The van der Waals surface area contributed by atoms with Gasteiger partial charge < -0.3 is 11.1 Å². The second-order valence-corrected chi connectivity index (χ2v) is 5.61. The van der Waals surface area contributed by atoms with Crippen LogP contribution < -0.4 is 11.1 Å². The van der Waals surface area contributed by atoms with Gasteiger partial charge in [-0.1, -0.05) is 13.3 Å². The average molecular weight is 223 g/mol. The highest BCUT2D eigenvalue weighted by molar-refractivity contribution is 5.78. The molecule has 4 atom stereocenters. The predicted octanol–water partition coefficient (Wildman–Crippen LogP) is 2.13. The fraction of sp³-hybridized carbons (Fsp3) is 0.923. The normalized spacial score (nSPS) is 35.4. The van der Waals surface area contributed by atoms with Gasteiger partial charge in [-0.3, -0.25) is 4.99 Å². The van der Waals surface area contributed by atoms with Crippen molar-refractivity contribution in [1.29, 1.82) is 0 Å². The van der Waals surface area contributed by atoms with Crippen molar-refractivity contribution in [3.05, 3.63) is 0 Å². The lowest BCUT2D eigenvalue weighted by molar-refractivity contribution is 0.341. The molecule has 0 saturated heterocycles. The standard InChI is InChI=1S/C13H25N3/c1-3-9(2)16-13(14)15-8-12-7-10-4-5-11(12)6-10/h9-12H,3-8H2,1-2H3,(H3,14,15,16). The molecule has 0 spiro atoms. The summed E-state index contributed by atoms with van der Waals surface area (Å²) in [6.45, 7) is 5.23. The largest absolute Gasteiger partial charge is 0.370 e. The first-order valence-electron chi connectivity index (χ1n) is 6.75. The first kappa shape index (κ1) is 11.7. The Hall–Kier alpha value is -0.730. The zero-order valence-electron chi connectivity index (χ0n) is 10.6. The molecule has 0 heterocycles. The van der Waals surface area contributed by atoms with Crippen molar-refractivity contribution >= 4 is 5.96 Å². The van der Waals surface area contributed by atoms with E-state index in [-0.39, 0.29) is 0 Å². The zero-order chi connectivity index (χ0) is 11.5. The lowest BCUT2D eigenvalue weighted by atomic mass is 9.89. The SMILES string of the molecule is CCC(C)NC(N)=NCC1CC2CCC1C2. The number of hydrogen-bond acceptors (Lipinski definition) is 1. The van der Waals surface area contributed by atoms with Gasteiger partial charge in [0.25, 0.3) is 0 Å². The Bertz CT molecular complexity index is 262. The second kappa shape index (κ2) is 5.07. The van der Waals surface area contributed by atoms with E-state index in [0.29, 0.717) is 12.0 Å². The first-order chi connectivity index (χ1) is 7.69. The summed E-state index contributed by atoms with van der Waals surface area (Å²) < 4.78 is 0. The topological polar surface area (TPSA) is 50.4 Å². The van der Waals surface area contributed by atoms with E-state index in [9.17, 15) is 0 Å². The minimum atomic E-state index is 0.434. The van der Waals surface area contributed by atoms with Crippen LogP contribution in [0.25, 0.3) is 0 Å². The van der Waals surface area contributed by atoms with E-state index >= 15 is 0 Å². The van der Waals surface area contributed by atoms with Crippen LogP contribution in [0.2, 0.25) is 0 Å². The van der Waals surface area contributed by atoms with Gasteiger partial charge in [-0.15, -0.1) is 0 Å². The molecule has 0 aliphatic heterocycles. The molecular formula is C13H25N3. The van der Waals surface area contributed by atoms with Gasteiger partial charge in [0.2, 0.25) is 0 Å².